The van der Waals surface area contributed by atoms with Crippen LogP contribution in [0.15, 0.2) is 60.9 Å². The van der Waals surface area contributed by atoms with Gasteiger partial charge in [0.1, 0.15) is 12.1 Å². The molecule has 0 radical (unpaired) electrons. The first-order valence-electron chi connectivity index (χ1n) is 7.67. The molecule has 1 amide bonds. The Morgan fingerprint density at radius 2 is 2.12 bits per heavy atom. The van der Waals surface area contributed by atoms with Gasteiger partial charge in [0.15, 0.2) is 0 Å². The first-order chi connectivity index (χ1) is 12.3. The Hall–Kier alpha value is -3.48. The van der Waals surface area contributed by atoms with E-state index in [4.69, 9.17) is 4.74 Å². The molecule has 3 aromatic rings. The molecule has 7 heteroatoms. The summed E-state index contributed by atoms with van der Waals surface area (Å²) >= 11 is 0. The summed E-state index contributed by atoms with van der Waals surface area (Å²) in [4.78, 5) is 12.0. The highest BCUT2D eigenvalue weighted by atomic mass is 16.5. The van der Waals surface area contributed by atoms with E-state index in [-0.39, 0.29) is 5.91 Å². The number of carbonyl (C=O) groups is 1. The van der Waals surface area contributed by atoms with Gasteiger partial charge in [-0.3, -0.25) is 4.79 Å². The fourth-order valence-electron chi connectivity index (χ4n) is 2.31. The van der Waals surface area contributed by atoms with E-state index in [1.54, 1.807) is 17.9 Å². The molecule has 0 spiro atoms. The van der Waals surface area contributed by atoms with Gasteiger partial charge in [0.2, 0.25) is 5.91 Å². The van der Waals surface area contributed by atoms with Crippen LogP contribution in [0.3, 0.4) is 0 Å². The number of ether oxygens (including phenoxy) is 1. The Morgan fingerprint density at radius 3 is 2.92 bits per heavy atom. The van der Waals surface area contributed by atoms with Crippen LogP contribution in [0.25, 0.3) is 11.8 Å². The van der Waals surface area contributed by atoms with Gasteiger partial charge in [-0.1, -0.05) is 30.3 Å². The van der Waals surface area contributed by atoms with Gasteiger partial charge >= 0.3 is 0 Å². The molecule has 0 aliphatic carbocycles. The van der Waals surface area contributed by atoms with Crippen molar-refractivity contribution in [1.82, 2.24) is 25.5 Å². The molecule has 25 heavy (non-hydrogen) atoms. The summed E-state index contributed by atoms with van der Waals surface area (Å²) in [6.45, 7) is 0.401. The van der Waals surface area contributed by atoms with Gasteiger partial charge in [0.05, 0.1) is 12.8 Å². The van der Waals surface area contributed by atoms with E-state index in [1.165, 1.54) is 12.4 Å². The summed E-state index contributed by atoms with van der Waals surface area (Å²) < 4.78 is 6.82. The summed E-state index contributed by atoms with van der Waals surface area (Å²) in [6, 6.07) is 15.1. The minimum absolute atomic E-state index is 0.182. The first-order valence-corrected chi connectivity index (χ1v) is 7.67. The normalized spacial score (nSPS) is 10.8. The number of tetrazole rings is 1. The maximum atomic E-state index is 12.0. The molecule has 2 aromatic carbocycles. The number of nitrogens with one attached hydrogen (secondary N) is 1. The van der Waals surface area contributed by atoms with Crippen molar-refractivity contribution in [3.8, 4) is 11.4 Å². The molecular formula is C18H17N5O2. The van der Waals surface area contributed by atoms with Crippen molar-refractivity contribution in [2.75, 3.05) is 7.11 Å². The average Bonchev–Trinajstić information content (AvgIpc) is 3.20. The van der Waals surface area contributed by atoms with Crippen molar-refractivity contribution in [2.24, 2.45) is 0 Å². The van der Waals surface area contributed by atoms with Crippen LogP contribution in [0, 0.1) is 0 Å². The second-order valence-corrected chi connectivity index (χ2v) is 5.21. The molecule has 1 heterocycles. The third-order valence-electron chi connectivity index (χ3n) is 3.56. The van der Waals surface area contributed by atoms with E-state index in [0.29, 0.717) is 6.54 Å². The van der Waals surface area contributed by atoms with E-state index in [9.17, 15) is 4.79 Å². The van der Waals surface area contributed by atoms with Crippen LogP contribution in [-0.2, 0) is 11.3 Å². The van der Waals surface area contributed by atoms with Crippen molar-refractivity contribution < 1.29 is 9.53 Å². The summed E-state index contributed by atoms with van der Waals surface area (Å²) in [5.74, 6) is 0.569. The van der Waals surface area contributed by atoms with Gasteiger partial charge in [-0.15, -0.1) is 5.10 Å². The number of methoxy groups -OCH3 is 1. The predicted molar refractivity (Wildman–Crippen MR) is 93.0 cm³/mol. The first kappa shape index (κ1) is 16.4. The Labute approximate surface area is 144 Å². The second-order valence-electron chi connectivity index (χ2n) is 5.21. The van der Waals surface area contributed by atoms with E-state index in [2.05, 4.69) is 20.8 Å². The molecule has 0 bridgehead atoms. The lowest BCUT2D eigenvalue weighted by Gasteiger charge is -2.08. The number of nitrogens with zero attached hydrogens (tertiary/aromatic N) is 4. The molecule has 0 atom stereocenters. The van der Waals surface area contributed by atoms with Crippen molar-refractivity contribution in [1.29, 1.82) is 0 Å². The molecule has 1 aromatic heterocycles. The lowest BCUT2D eigenvalue weighted by atomic mass is 10.2. The summed E-state index contributed by atoms with van der Waals surface area (Å²) in [5, 5.41) is 13.9. The van der Waals surface area contributed by atoms with Crippen molar-refractivity contribution >= 4 is 12.0 Å². The SMILES string of the molecule is COc1ccccc1CNC(=O)/C=C/c1cccc(-n2cnnn2)c1. The smallest absolute Gasteiger partial charge is 0.244 e. The van der Waals surface area contributed by atoms with Crippen LogP contribution >= 0.6 is 0 Å². The highest BCUT2D eigenvalue weighted by molar-refractivity contribution is 5.91. The lowest BCUT2D eigenvalue weighted by Crippen LogP contribution is -2.20. The number of carbonyl (C=O) groups excluding carboxylic acids is 1. The second kappa shape index (κ2) is 7.87. The number of amides is 1. The Morgan fingerprint density at radius 1 is 1.24 bits per heavy atom. The van der Waals surface area contributed by atoms with Gasteiger partial charge in [-0.05, 0) is 40.3 Å². The zero-order valence-electron chi connectivity index (χ0n) is 13.7. The standard InChI is InChI=1S/C18H17N5O2/c1-25-17-8-3-2-6-15(17)12-19-18(24)10-9-14-5-4-7-16(11-14)23-13-20-21-22-23/h2-11,13H,12H2,1H3,(H,19,24)/b10-9+. The molecule has 0 aliphatic heterocycles. The van der Waals surface area contributed by atoms with E-state index < -0.39 is 0 Å². The summed E-state index contributed by atoms with van der Waals surface area (Å²) in [5.41, 5.74) is 2.62. The molecule has 0 aliphatic rings. The largest absolute Gasteiger partial charge is 0.496 e. The molecule has 126 valence electrons. The average molecular weight is 335 g/mol. The number of hydrogen-bond acceptors (Lipinski definition) is 5. The van der Waals surface area contributed by atoms with Crippen molar-refractivity contribution in [3.63, 3.8) is 0 Å². The van der Waals surface area contributed by atoms with Crippen LogP contribution in [0.4, 0.5) is 0 Å². The number of hydrogen-bond donors (Lipinski definition) is 1. The number of aromatic nitrogens is 4. The number of para-hydroxylation sites is 1. The Kier molecular flexibility index (Phi) is 5.16. The van der Waals surface area contributed by atoms with Gasteiger partial charge < -0.3 is 10.1 Å². The monoisotopic (exact) mass is 335 g/mol. The topological polar surface area (TPSA) is 81.9 Å². The highest BCUT2D eigenvalue weighted by Gasteiger charge is 2.03. The molecule has 0 saturated carbocycles. The zero-order valence-corrected chi connectivity index (χ0v) is 13.7. The van der Waals surface area contributed by atoms with Gasteiger partial charge in [-0.2, -0.15) is 0 Å². The maximum absolute atomic E-state index is 12.0. The molecular weight excluding hydrogens is 318 g/mol. The lowest BCUT2D eigenvalue weighted by molar-refractivity contribution is -0.116. The zero-order chi connectivity index (χ0) is 17.5. The number of rotatable bonds is 6. The Bertz CT molecular complexity index is 875. The van der Waals surface area contributed by atoms with Crippen molar-refractivity contribution in [3.05, 3.63) is 72.1 Å². The molecule has 0 saturated heterocycles. The molecule has 7 nitrogen and oxygen atoms in total. The van der Waals surface area contributed by atoms with Gasteiger partial charge in [0, 0.05) is 18.2 Å². The molecule has 0 fully saturated rings. The Balaban J connectivity index is 1.62. The van der Waals surface area contributed by atoms with E-state index >= 15 is 0 Å². The summed E-state index contributed by atoms with van der Waals surface area (Å²) in [6.07, 6.45) is 4.75. The fourth-order valence-corrected chi connectivity index (χ4v) is 2.31. The quantitative estimate of drug-likeness (QED) is 0.697. The van der Waals surface area contributed by atoms with Gasteiger partial charge in [-0.25, -0.2) is 4.68 Å². The fraction of sp³-hybridized carbons (Fsp3) is 0.111. The number of benzene rings is 2. The highest BCUT2D eigenvalue weighted by Crippen LogP contribution is 2.16. The summed E-state index contributed by atoms with van der Waals surface area (Å²) in [7, 11) is 1.61. The van der Waals surface area contributed by atoms with Crippen LogP contribution in [0.2, 0.25) is 0 Å². The minimum atomic E-state index is -0.182. The molecule has 0 unspecified atom stereocenters. The third kappa shape index (κ3) is 4.29. The molecule has 3 rings (SSSR count). The maximum Gasteiger partial charge on any atom is 0.244 e. The van der Waals surface area contributed by atoms with Gasteiger partial charge in [0.25, 0.3) is 0 Å². The van der Waals surface area contributed by atoms with Crippen molar-refractivity contribution in [2.45, 2.75) is 6.54 Å². The van der Waals surface area contributed by atoms with Crippen LogP contribution in [0.1, 0.15) is 11.1 Å². The minimum Gasteiger partial charge on any atom is -0.496 e. The van der Waals surface area contributed by atoms with E-state index in [0.717, 1.165) is 22.6 Å². The van der Waals surface area contributed by atoms with E-state index in [1.807, 2.05) is 48.5 Å². The van der Waals surface area contributed by atoms with Crippen LogP contribution < -0.4 is 10.1 Å². The van der Waals surface area contributed by atoms with Crippen LogP contribution in [0.5, 0.6) is 5.75 Å². The van der Waals surface area contributed by atoms with Crippen LogP contribution in [-0.4, -0.2) is 33.2 Å². The third-order valence-corrected chi connectivity index (χ3v) is 3.56. The predicted octanol–water partition coefficient (Wildman–Crippen LogP) is 2.00. The molecule has 1 N–H and O–H groups in total.